The van der Waals surface area contributed by atoms with Crippen molar-refractivity contribution in [3.63, 3.8) is 0 Å². The Hall–Kier alpha value is -2.34. The molecule has 0 unspecified atom stereocenters. The molecular weight excluding hydrogens is 409 g/mol. The van der Waals surface area contributed by atoms with E-state index in [-0.39, 0.29) is 12.4 Å². The van der Waals surface area contributed by atoms with Crippen molar-refractivity contribution < 1.29 is 9.90 Å². The Morgan fingerprint density at radius 3 is 2.37 bits per heavy atom. The Labute approximate surface area is 171 Å². The van der Waals surface area contributed by atoms with Gasteiger partial charge in [0.05, 0.1) is 21.5 Å². The summed E-state index contributed by atoms with van der Waals surface area (Å²) in [5.41, 5.74) is 2.97. The van der Waals surface area contributed by atoms with E-state index in [1.165, 1.54) is 11.9 Å². The third-order valence-electron chi connectivity index (χ3n) is 3.86. The number of carboxylic acid groups (broad SMARTS) is 1. The highest BCUT2D eigenvalue weighted by Gasteiger charge is 2.19. The van der Waals surface area contributed by atoms with Crippen LogP contribution < -0.4 is 0 Å². The van der Waals surface area contributed by atoms with Crippen LogP contribution in [0.2, 0.25) is 15.1 Å². The number of benzene rings is 2. The summed E-state index contributed by atoms with van der Waals surface area (Å²) in [7, 11) is 0. The molecule has 0 aromatic heterocycles. The third-order valence-corrected chi connectivity index (χ3v) is 4.85. The minimum absolute atomic E-state index is 0.0499. The van der Waals surface area contributed by atoms with Crippen molar-refractivity contribution in [1.29, 1.82) is 0 Å². The zero-order chi connectivity index (χ0) is 19.6. The molecule has 0 bridgehead atoms. The van der Waals surface area contributed by atoms with Crippen LogP contribution in [0.3, 0.4) is 0 Å². The van der Waals surface area contributed by atoms with Crippen LogP contribution in [0.15, 0.2) is 58.6 Å². The molecule has 1 aliphatic heterocycles. The average Bonchev–Trinajstić information content (AvgIpc) is 2.65. The van der Waals surface area contributed by atoms with Crippen LogP contribution in [-0.2, 0) is 4.79 Å². The smallest absolute Gasteiger partial charge is 0.351 e. The molecule has 0 amide bonds. The summed E-state index contributed by atoms with van der Waals surface area (Å²) in [5.74, 6) is -1.10. The zero-order valence-corrected chi connectivity index (χ0v) is 16.4. The number of aliphatic carboxylic acids is 1. The fourth-order valence-electron chi connectivity index (χ4n) is 2.46. The first-order valence-electron chi connectivity index (χ1n) is 7.88. The fraction of sp³-hybridized carbons (Fsp3) is 0.105. The van der Waals surface area contributed by atoms with Crippen LogP contribution >= 0.6 is 34.8 Å². The second kappa shape index (κ2) is 8.13. The highest BCUT2D eigenvalue weighted by Crippen LogP contribution is 2.30. The molecule has 1 N–H and O–H groups in total. The molecule has 0 atom stereocenters. The number of carbonyl (C=O) groups is 1. The van der Waals surface area contributed by atoms with Gasteiger partial charge in [-0.05, 0) is 42.8 Å². The van der Waals surface area contributed by atoms with Gasteiger partial charge in [0.25, 0.3) is 0 Å². The molecule has 0 aliphatic carbocycles. The molecule has 5 nitrogen and oxygen atoms in total. The first kappa shape index (κ1) is 19.4. The molecular formula is C19H14Cl3N3O2. The highest BCUT2D eigenvalue weighted by molar-refractivity contribution is 6.42. The standard InChI is InChI=1S/C19H14Cl3N3O2/c1-11(19(26)27)24-25-10-23-17(12-2-5-14(20)6-3-12)9-18(25)13-4-7-15(21)16(22)8-13/h2-9H,10H2,1H3,(H,26,27)/b24-11+. The van der Waals surface area contributed by atoms with Gasteiger partial charge in [0.1, 0.15) is 12.4 Å². The summed E-state index contributed by atoms with van der Waals surface area (Å²) in [6.45, 7) is 1.59. The summed E-state index contributed by atoms with van der Waals surface area (Å²) < 4.78 is 0. The van der Waals surface area contributed by atoms with Crippen molar-refractivity contribution in [2.24, 2.45) is 10.1 Å². The predicted molar refractivity (Wildman–Crippen MR) is 110 cm³/mol. The van der Waals surface area contributed by atoms with Crippen LogP contribution in [0, 0.1) is 0 Å². The first-order chi connectivity index (χ1) is 12.8. The van der Waals surface area contributed by atoms with E-state index >= 15 is 0 Å². The van der Waals surface area contributed by atoms with E-state index in [0.29, 0.717) is 20.8 Å². The number of hydrogen-bond donors (Lipinski definition) is 1. The number of carboxylic acids is 1. The molecule has 0 radical (unpaired) electrons. The molecule has 1 heterocycles. The Morgan fingerprint density at radius 1 is 1.07 bits per heavy atom. The predicted octanol–water partition coefficient (Wildman–Crippen LogP) is 5.21. The number of hydrogen-bond acceptors (Lipinski definition) is 4. The van der Waals surface area contributed by atoms with E-state index < -0.39 is 5.97 Å². The Morgan fingerprint density at radius 2 is 1.74 bits per heavy atom. The summed E-state index contributed by atoms with van der Waals surface area (Å²) in [6, 6.07) is 12.5. The van der Waals surface area contributed by atoms with Gasteiger partial charge in [-0.2, -0.15) is 5.10 Å². The normalized spacial score (nSPS) is 14.7. The van der Waals surface area contributed by atoms with E-state index in [1.807, 2.05) is 18.2 Å². The second-order valence-electron chi connectivity index (χ2n) is 5.74. The number of rotatable bonds is 4. The summed E-state index contributed by atoms with van der Waals surface area (Å²) in [5, 5.41) is 16.3. The molecule has 1 aliphatic rings. The number of nitrogens with zero attached hydrogens (tertiary/aromatic N) is 3. The molecule has 138 valence electrons. The molecule has 2 aromatic rings. The molecule has 0 saturated carbocycles. The summed E-state index contributed by atoms with van der Waals surface area (Å²) >= 11 is 18.1. The number of hydrazone groups is 1. The maximum absolute atomic E-state index is 11.2. The molecule has 3 rings (SSSR count). The summed E-state index contributed by atoms with van der Waals surface area (Å²) in [4.78, 5) is 15.7. The molecule has 2 aromatic carbocycles. The molecule has 0 fully saturated rings. The molecule has 27 heavy (non-hydrogen) atoms. The van der Waals surface area contributed by atoms with Crippen LogP contribution in [0.4, 0.5) is 0 Å². The largest absolute Gasteiger partial charge is 0.477 e. The van der Waals surface area contributed by atoms with Gasteiger partial charge in [0.2, 0.25) is 0 Å². The van der Waals surface area contributed by atoms with Crippen LogP contribution in [0.25, 0.3) is 5.70 Å². The second-order valence-corrected chi connectivity index (χ2v) is 6.99. The van der Waals surface area contributed by atoms with Gasteiger partial charge in [0.15, 0.2) is 0 Å². The van der Waals surface area contributed by atoms with Gasteiger partial charge in [0, 0.05) is 10.6 Å². The SMILES string of the molecule is C/C(=N\N1CN=C(c2ccc(Cl)cc2)C=C1c1ccc(Cl)c(Cl)c1)C(=O)O. The van der Waals surface area contributed by atoms with Gasteiger partial charge < -0.3 is 5.11 Å². The first-order valence-corrected chi connectivity index (χ1v) is 9.02. The fourth-order valence-corrected chi connectivity index (χ4v) is 2.89. The highest BCUT2D eigenvalue weighted by atomic mass is 35.5. The lowest BCUT2D eigenvalue weighted by Crippen LogP contribution is -2.25. The van der Waals surface area contributed by atoms with E-state index in [1.54, 1.807) is 30.3 Å². The van der Waals surface area contributed by atoms with E-state index in [9.17, 15) is 4.79 Å². The quantitative estimate of drug-likeness (QED) is 0.688. The van der Waals surface area contributed by atoms with Crippen LogP contribution in [0.5, 0.6) is 0 Å². The Balaban J connectivity index is 2.07. The third kappa shape index (κ3) is 4.50. The lowest BCUT2D eigenvalue weighted by Gasteiger charge is -2.25. The lowest BCUT2D eigenvalue weighted by molar-refractivity contribution is -0.129. The molecule has 8 heteroatoms. The summed E-state index contributed by atoms with van der Waals surface area (Å²) in [6.07, 6.45) is 1.82. The Kier molecular flexibility index (Phi) is 5.85. The van der Waals surface area contributed by atoms with E-state index in [4.69, 9.17) is 39.9 Å². The van der Waals surface area contributed by atoms with Crippen molar-refractivity contribution in [3.05, 3.63) is 74.7 Å². The van der Waals surface area contributed by atoms with Crippen molar-refractivity contribution in [1.82, 2.24) is 5.01 Å². The van der Waals surface area contributed by atoms with Gasteiger partial charge in [-0.15, -0.1) is 0 Å². The van der Waals surface area contributed by atoms with Gasteiger partial charge in [-0.1, -0.05) is 53.0 Å². The van der Waals surface area contributed by atoms with Crippen molar-refractivity contribution in [2.75, 3.05) is 6.67 Å². The van der Waals surface area contributed by atoms with E-state index in [2.05, 4.69) is 10.1 Å². The minimum atomic E-state index is -1.10. The number of halogens is 3. The monoisotopic (exact) mass is 421 g/mol. The van der Waals surface area contributed by atoms with Crippen molar-refractivity contribution in [3.8, 4) is 0 Å². The van der Waals surface area contributed by atoms with Gasteiger partial charge in [-0.25, -0.2) is 9.80 Å². The topological polar surface area (TPSA) is 65.3 Å². The maximum atomic E-state index is 11.2. The molecule has 0 spiro atoms. The molecule has 0 saturated heterocycles. The number of aliphatic imine (C=N–C) groups is 1. The maximum Gasteiger partial charge on any atom is 0.351 e. The van der Waals surface area contributed by atoms with E-state index in [0.717, 1.165) is 16.8 Å². The Bertz CT molecular complexity index is 982. The van der Waals surface area contributed by atoms with Crippen LogP contribution in [0.1, 0.15) is 18.1 Å². The number of allylic oxidation sites excluding steroid dienone is 1. The van der Waals surface area contributed by atoms with Crippen molar-refractivity contribution in [2.45, 2.75) is 6.92 Å². The van der Waals surface area contributed by atoms with Gasteiger partial charge in [-0.3, -0.25) is 4.99 Å². The van der Waals surface area contributed by atoms with Crippen molar-refractivity contribution >= 4 is 57.9 Å². The van der Waals surface area contributed by atoms with Gasteiger partial charge >= 0.3 is 5.97 Å². The average molecular weight is 423 g/mol. The minimum Gasteiger partial charge on any atom is -0.477 e. The lowest BCUT2D eigenvalue weighted by atomic mass is 10.0. The zero-order valence-electron chi connectivity index (χ0n) is 14.2. The van der Waals surface area contributed by atoms with Crippen LogP contribution in [-0.4, -0.2) is 34.2 Å².